The quantitative estimate of drug-likeness (QED) is 0.749. The molecule has 0 saturated heterocycles. The molecule has 0 saturated carbocycles. The lowest BCUT2D eigenvalue weighted by Crippen LogP contribution is -2.28. The first-order valence-corrected chi connectivity index (χ1v) is 5.97. The molecule has 0 atom stereocenters. The molecule has 0 fully saturated rings. The summed E-state index contributed by atoms with van der Waals surface area (Å²) < 4.78 is 10.6. The van der Waals surface area contributed by atoms with Crippen molar-refractivity contribution in [3.05, 3.63) is 23.8 Å². The second kappa shape index (κ2) is 7.55. The van der Waals surface area contributed by atoms with Gasteiger partial charge in [-0.2, -0.15) is 0 Å². The molecule has 3 N–H and O–H groups in total. The number of carbonyl (C=O) groups is 1. The van der Waals surface area contributed by atoms with Gasteiger partial charge in [-0.05, 0) is 37.6 Å². The normalized spacial score (nSPS) is 9.94. The third-order valence-electron chi connectivity index (χ3n) is 2.39. The zero-order valence-electron chi connectivity index (χ0n) is 10.9. The van der Waals surface area contributed by atoms with E-state index in [9.17, 15) is 4.79 Å². The zero-order valence-corrected chi connectivity index (χ0v) is 10.9. The maximum Gasteiger partial charge on any atom is 0.257 e. The molecule has 0 unspecified atom stereocenters. The number of ether oxygens (including phenoxy) is 2. The molecule has 0 aliphatic carbocycles. The minimum absolute atomic E-state index is 0.0176. The van der Waals surface area contributed by atoms with Gasteiger partial charge in [-0.25, -0.2) is 0 Å². The second-order valence-corrected chi connectivity index (χ2v) is 3.77. The molecule has 18 heavy (non-hydrogen) atoms. The van der Waals surface area contributed by atoms with E-state index in [1.165, 1.54) is 0 Å². The molecule has 0 aliphatic heterocycles. The highest BCUT2D eigenvalue weighted by Crippen LogP contribution is 2.28. The summed E-state index contributed by atoms with van der Waals surface area (Å²) >= 11 is 0. The molecule has 0 radical (unpaired) electrons. The number of benzene rings is 1. The van der Waals surface area contributed by atoms with Crippen molar-refractivity contribution in [3.63, 3.8) is 0 Å². The topological polar surface area (TPSA) is 73.6 Å². The van der Waals surface area contributed by atoms with Crippen LogP contribution in [0.1, 0.15) is 12.5 Å². The molecule has 5 heteroatoms. The van der Waals surface area contributed by atoms with Crippen LogP contribution in [0.5, 0.6) is 11.5 Å². The Morgan fingerprint density at radius 2 is 2.17 bits per heavy atom. The van der Waals surface area contributed by atoms with Gasteiger partial charge in [0.25, 0.3) is 5.91 Å². The molecule has 1 rings (SSSR count). The number of hydrogen-bond acceptors (Lipinski definition) is 4. The molecule has 0 aliphatic rings. The van der Waals surface area contributed by atoms with Crippen molar-refractivity contribution in [2.75, 3.05) is 26.8 Å². The third-order valence-corrected chi connectivity index (χ3v) is 2.39. The third kappa shape index (κ3) is 4.25. The van der Waals surface area contributed by atoms with Gasteiger partial charge in [0.15, 0.2) is 18.1 Å². The van der Waals surface area contributed by atoms with Gasteiger partial charge in [0.2, 0.25) is 0 Å². The summed E-state index contributed by atoms with van der Waals surface area (Å²) in [6.45, 7) is 3.01. The van der Waals surface area contributed by atoms with Crippen molar-refractivity contribution in [2.45, 2.75) is 13.3 Å². The van der Waals surface area contributed by atoms with E-state index in [-0.39, 0.29) is 12.5 Å². The van der Waals surface area contributed by atoms with Gasteiger partial charge >= 0.3 is 0 Å². The molecule has 0 heterocycles. The van der Waals surface area contributed by atoms with E-state index in [2.05, 4.69) is 5.32 Å². The fraction of sp³-hybridized carbons (Fsp3) is 0.462. The van der Waals surface area contributed by atoms with E-state index < -0.39 is 0 Å². The predicted molar refractivity (Wildman–Crippen MR) is 69.9 cm³/mol. The van der Waals surface area contributed by atoms with Gasteiger partial charge in [-0.1, -0.05) is 6.07 Å². The number of carbonyl (C=O) groups excluding carboxylic acids is 1. The van der Waals surface area contributed by atoms with Crippen LogP contribution < -0.4 is 20.5 Å². The summed E-state index contributed by atoms with van der Waals surface area (Å²) in [4.78, 5) is 11.3. The van der Waals surface area contributed by atoms with Crippen LogP contribution in [-0.4, -0.2) is 32.7 Å². The minimum Gasteiger partial charge on any atom is -0.493 e. The van der Waals surface area contributed by atoms with E-state index in [4.69, 9.17) is 15.2 Å². The van der Waals surface area contributed by atoms with Gasteiger partial charge in [-0.3, -0.25) is 4.79 Å². The Morgan fingerprint density at radius 1 is 1.39 bits per heavy atom. The summed E-state index contributed by atoms with van der Waals surface area (Å²) in [5.41, 5.74) is 6.57. The Morgan fingerprint density at radius 3 is 2.78 bits per heavy atom. The van der Waals surface area contributed by atoms with Crippen LogP contribution in [0.2, 0.25) is 0 Å². The summed E-state index contributed by atoms with van der Waals surface area (Å²) in [5, 5.41) is 2.67. The smallest absolute Gasteiger partial charge is 0.257 e. The highest BCUT2D eigenvalue weighted by Gasteiger charge is 2.08. The van der Waals surface area contributed by atoms with Crippen molar-refractivity contribution in [1.82, 2.24) is 5.32 Å². The Hall–Kier alpha value is -1.75. The lowest BCUT2D eigenvalue weighted by atomic mass is 10.1. The summed E-state index contributed by atoms with van der Waals surface area (Å²) in [5.74, 6) is 1.03. The van der Waals surface area contributed by atoms with Crippen LogP contribution in [0, 0.1) is 0 Å². The average Bonchev–Trinajstić information content (AvgIpc) is 2.37. The zero-order chi connectivity index (χ0) is 13.4. The van der Waals surface area contributed by atoms with Crippen molar-refractivity contribution in [2.24, 2.45) is 5.73 Å². The van der Waals surface area contributed by atoms with Gasteiger partial charge < -0.3 is 20.5 Å². The lowest BCUT2D eigenvalue weighted by Gasteiger charge is -2.12. The second-order valence-electron chi connectivity index (χ2n) is 3.77. The van der Waals surface area contributed by atoms with Gasteiger partial charge in [0, 0.05) is 6.54 Å². The van der Waals surface area contributed by atoms with Crippen LogP contribution >= 0.6 is 0 Å². The molecule has 0 aromatic heterocycles. The molecule has 1 aromatic carbocycles. The predicted octanol–water partition coefficient (Wildman–Crippen LogP) is 0.711. The number of likely N-dealkylation sites (N-methyl/N-ethyl adjacent to an activating group) is 1. The van der Waals surface area contributed by atoms with Crippen LogP contribution in [0.4, 0.5) is 0 Å². The molecule has 0 bridgehead atoms. The molecule has 100 valence electrons. The Balaban J connectivity index is 2.71. The monoisotopic (exact) mass is 252 g/mol. The largest absolute Gasteiger partial charge is 0.493 e. The van der Waals surface area contributed by atoms with Crippen molar-refractivity contribution >= 4 is 5.91 Å². The highest BCUT2D eigenvalue weighted by atomic mass is 16.5. The van der Waals surface area contributed by atoms with Crippen molar-refractivity contribution in [1.29, 1.82) is 0 Å². The first-order chi connectivity index (χ1) is 8.71. The molecule has 5 nitrogen and oxygen atoms in total. The van der Waals surface area contributed by atoms with E-state index in [1.807, 2.05) is 25.1 Å². The van der Waals surface area contributed by atoms with Gasteiger partial charge in [0.1, 0.15) is 0 Å². The fourth-order valence-corrected chi connectivity index (χ4v) is 1.55. The SMILES string of the molecule is CCNC(=O)COc1cc(CCN)ccc1OC. The molecule has 1 amide bonds. The summed E-state index contributed by atoms with van der Waals surface area (Å²) in [7, 11) is 1.57. The molecular formula is C13H20N2O3. The number of methoxy groups -OCH3 is 1. The Labute approximate surface area is 107 Å². The fourth-order valence-electron chi connectivity index (χ4n) is 1.55. The summed E-state index contributed by atoms with van der Waals surface area (Å²) in [6, 6.07) is 5.60. The first-order valence-electron chi connectivity index (χ1n) is 5.97. The van der Waals surface area contributed by atoms with E-state index in [0.29, 0.717) is 24.6 Å². The highest BCUT2D eigenvalue weighted by molar-refractivity contribution is 5.77. The maximum atomic E-state index is 11.3. The van der Waals surface area contributed by atoms with Crippen LogP contribution in [0.3, 0.4) is 0 Å². The average molecular weight is 252 g/mol. The van der Waals surface area contributed by atoms with Gasteiger partial charge in [0.05, 0.1) is 7.11 Å². The Kier molecular flexibility index (Phi) is 6.00. The molecule has 0 spiro atoms. The van der Waals surface area contributed by atoms with Crippen LogP contribution in [-0.2, 0) is 11.2 Å². The lowest BCUT2D eigenvalue weighted by molar-refractivity contribution is -0.123. The van der Waals surface area contributed by atoms with Crippen LogP contribution in [0.15, 0.2) is 18.2 Å². The maximum absolute atomic E-state index is 11.3. The van der Waals surface area contributed by atoms with E-state index >= 15 is 0 Å². The Bertz CT molecular complexity index is 394. The first kappa shape index (κ1) is 14.3. The summed E-state index contributed by atoms with van der Waals surface area (Å²) in [6.07, 6.45) is 0.765. The minimum atomic E-state index is -0.149. The number of amides is 1. The number of nitrogens with two attached hydrogens (primary N) is 1. The van der Waals surface area contributed by atoms with Crippen molar-refractivity contribution < 1.29 is 14.3 Å². The van der Waals surface area contributed by atoms with E-state index in [0.717, 1.165) is 12.0 Å². The standard InChI is InChI=1S/C13H20N2O3/c1-3-15-13(16)9-18-12-8-10(6-7-14)4-5-11(12)17-2/h4-5,8H,3,6-7,9,14H2,1-2H3,(H,15,16). The number of rotatable bonds is 7. The van der Waals surface area contributed by atoms with Gasteiger partial charge in [-0.15, -0.1) is 0 Å². The molecular weight excluding hydrogens is 232 g/mol. The molecule has 1 aromatic rings. The van der Waals surface area contributed by atoms with Crippen molar-refractivity contribution in [3.8, 4) is 11.5 Å². The van der Waals surface area contributed by atoms with Crippen LogP contribution in [0.25, 0.3) is 0 Å². The number of hydrogen-bond donors (Lipinski definition) is 2. The van der Waals surface area contributed by atoms with E-state index in [1.54, 1.807) is 7.11 Å². The number of nitrogens with one attached hydrogen (secondary N) is 1.